The van der Waals surface area contributed by atoms with Crippen molar-refractivity contribution in [3.63, 3.8) is 0 Å². The first-order valence-corrected chi connectivity index (χ1v) is 7.53. The van der Waals surface area contributed by atoms with Crippen LogP contribution in [0.1, 0.15) is 5.56 Å². The third kappa shape index (κ3) is 3.40. The topological polar surface area (TPSA) is 87.3 Å². The van der Waals surface area contributed by atoms with Crippen LogP contribution in [0.25, 0.3) is 11.3 Å². The van der Waals surface area contributed by atoms with Gasteiger partial charge in [-0.3, -0.25) is 9.36 Å². The molecule has 0 atom stereocenters. The van der Waals surface area contributed by atoms with E-state index in [-0.39, 0.29) is 6.54 Å². The van der Waals surface area contributed by atoms with Gasteiger partial charge < -0.3 is 14.9 Å². The van der Waals surface area contributed by atoms with Gasteiger partial charge in [0.25, 0.3) is 0 Å². The van der Waals surface area contributed by atoms with Crippen LogP contribution in [0, 0.1) is 10.1 Å². The zero-order chi connectivity index (χ0) is 17.8. The lowest BCUT2D eigenvalue weighted by Gasteiger charge is -2.09. The highest BCUT2D eigenvalue weighted by Gasteiger charge is 2.22. The van der Waals surface area contributed by atoms with Crippen LogP contribution in [0.2, 0.25) is 0 Å². The van der Waals surface area contributed by atoms with E-state index in [0.717, 1.165) is 5.56 Å². The van der Waals surface area contributed by atoms with Gasteiger partial charge in [-0.25, -0.2) is 0 Å². The Hall–Kier alpha value is -3.48. The summed E-state index contributed by atoms with van der Waals surface area (Å²) < 4.78 is 6.59. The van der Waals surface area contributed by atoms with E-state index in [9.17, 15) is 14.9 Å². The third-order valence-electron chi connectivity index (χ3n) is 3.71. The first-order chi connectivity index (χ1) is 12.1. The van der Waals surface area contributed by atoms with Crippen LogP contribution < -0.4 is 10.3 Å². The highest BCUT2D eigenvalue weighted by atomic mass is 16.6. The van der Waals surface area contributed by atoms with Crippen molar-refractivity contribution in [3.05, 3.63) is 86.8 Å². The first-order valence-electron chi connectivity index (χ1n) is 7.53. The molecule has 0 unspecified atom stereocenters. The maximum atomic E-state index is 12.4. The Kier molecular flexibility index (Phi) is 4.56. The maximum absolute atomic E-state index is 12.4. The Balaban J connectivity index is 2.17. The molecule has 0 spiro atoms. The number of hydrogen-bond donors (Lipinski definition) is 0. The zero-order valence-electron chi connectivity index (χ0n) is 13.5. The van der Waals surface area contributed by atoms with Crippen molar-refractivity contribution in [1.82, 2.24) is 9.55 Å². The lowest BCUT2D eigenvalue weighted by atomic mass is 10.1. The summed E-state index contributed by atoms with van der Waals surface area (Å²) in [6, 6.07) is 16.3. The molecule has 0 aliphatic rings. The van der Waals surface area contributed by atoms with Crippen molar-refractivity contribution in [3.8, 4) is 17.0 Å². The molecule has 2 aromatic carbocycles. The number of rotatable bonds is 5. The van der Waals surface area contributed by atoms with Gasteiger partial charge in [0.05, 0.1) is 25.4 Å². The van der Waals surface area contributed by atoms with Crippen LogP contribution >= 0.6 is 0 Å². The monoisotopic (exact) mass is 337 g/mol. The minimum atomic E-state index is -0.761. The normalized spacial score (nSPS) is 10.4. The van der Waals surface area contributed by atoms with Gasteiger partial charge in [0.2, 0.25) is 5.69 Å². The van der Waals surface area contributed by atoms with Crippen LogP contribution in [-0.2, 0) is 6.54 Å². The number of hydrogen-bond acceptors (Lipinski definition) is 5. The Morgan fingerprint density at radius 1 is 1.12 bits per heavy atom. The molecule has 0 N–H and O–H groups in total. The van der Waals surface area contributed by atoms with E-state index in [2.05, 4.69) is 4.98 Å². The summed E-state index contributed by atoms with van der Waals surface area (Å²) in [7, 11) is 1.51. The highest BCUT2D eigenvalue weighted by Crippen LogP contribution is 2.28. The summed E-state index contributed by atoms with van der Waals surface area (Å²) in [5.41, 5.74) is 0.998. The second kappa shape index (κ2) is 6.96. The van der Waals surface area contributed by atoms with Crippen molar-refractivity contribution in [2.75, 3.05) is 7.11 Å². The van der Waals surface area contributed by atoms with Crippen LogP contribution in [0.4, 0.5) is 5.82 Å². The fourth-order valence-electron chi connectivity index (χ4n) is 2.53. The molecule has 0 aliphatic heterocycles. The lowest BCUT2D eigenvalue weighted by Crippen LogP contribution is -2.24. The summed E-state index contributed by atoms with van der Waals surface area (Å²) in [6.45, 7) is 0.213. The van der Waals surface area contributed by atoms with Gasteiger partial charge in [-0.15, -0.1) is 0 Å². The predicted molar refractivity (Wildman–Crippen MR) is 92.7 cm³/mol. The molecule has 0 saturated carbocycles. The van der Waals surface area contributed by atoms with Crippen molar-refractivity contribution < 1.29 is 9.66 Å². The molecule has 0 aliphatic carbocycles. The summed E-state index contributed by atoms with van der Waals surface area (Å²) in [5.74, 6) is -0.187. The first kappa shape index (κ1) is 16.4. The molecule has 1 heterocycles. The van der Waals surface area contributed by atoms with Crippen molar-refractivity contribution in [2.24, 2.45) is 0 Å². The summed E-state index contributed by atoms with van der Waals surface area (Å²) in [4.78, 5) is 26.8. The van der Waals surface area contributed by atoms with E-state index in [1.165, 1.54) is 17.9 Å². The van der Waals surface area contributed by atoms with Crippen molar-refractivity contribution in [2.45, 2.75) is 6.54 Å². The molecule has 7 nitrogen and oxygen atoms in total. The second-order valence-electron chi connectivity index (χ2n) is 5.33. The Labute approximate surface area is 143 Å². The van der Waals surface area contributed by atoms with Crippen LogP contribution in [-0.4, -0.2) is 21.6 Å². The SMILES string of the molecule is COc1ccccc1-c1cn(Cc2ccccc2)c(=O)c([N+](=O)[O-])n1. The molecule has 7 heteroatoms. The molecular formula is C18H15N3O4. The summed E-state index contributed by atoms with van der Waals surface area (Å²) in [6.07, 6.45) is 1.51. The third-order valence-corrected chi connectivity index (χ3v) is 3.71. The molecule has 3 aromatic rings. The molecule has 0 amide bonds. The molecule has 0 saturated heterocycles. The van der Waals surface area contributed by atoms with E-state index in [4.69, 9.17) is 4.74 Å². The molecule has 3 rings (SSSR count). The molecule has 25 heavy (non-hydrogen) atoms. The number of methoxy groups -OCH3 is 1. The number of para-hydroxylation sites is 1. The molecular weight excluding hydrogens is 322 g/mol. The van der Waals surface area contributed by atoms with Gasteiger partial charge in [-0.1, -0.05) is 42.5 Å². The Morgan fingerprint density at radius 2 is 1.80 bits per heavy atom. The van der Waals surface area contributed by atoms with Crippen LogP contribution in [0.15, 0.2) is 65.6 Å². The van der Waals surface area contributed by atoms with Gasteiger partial charge in [-0.05, 0) is 27.6 Å². The van der Waals surface area contributed by atoms with Gasteiger partial charge >= 0.3 is 11.4 Å². The van der Waals surface area contributed by atoms with Crippen molar-refractivity contribution in [1.29, 1.82) is 0 Å². The lowest BCUT2D eigenvalue weighted by molar-refractivity contribution is -0.391. The smallest absolute Gasteiger partial charge is 0.430 e. The number of nitro groups is 1. The highest BCUT2D eigenvalue weighted by molar-refractivity contribution is 5.67. The fourth-order valence-corrected chi connectivity index (χ4v) is 2.53. The van der Waals surface area contributed by atoms with E-state index in [0.29, 0.717) is 17.0 Å². The van der Waals surface area contributed by atoms with Gasteiger partial charge in [-0.2, -0.15) is 0 Å². The summed E-state index contributed by atoms with van der Waals surface area (Å²) >= 11 is 0. The molecule has 1 aromatic heterocycles. The molecule has 0 bridgehead atoms. The van der Waals surface area contributed by atoms with Crippen LogP contribution in [0.3, 0.4) is 0 Å². The molecule has 126 valence electrons. The van der Waals surface area contributed by atoms with Gasteiger partial charge in [0.1, 0.15) is 5.75 Å². The number of ether oxygens (including phenoxy) is 1. The zero-order valence-corrected chi connectivity index (χ0v) is 13.5. The summed E-state index contributed by atoms with van der Waals surface area (Å²) in [5, 5.41) is 11.3. The van der Waals surface area contributed by atoms with Crippen LogP contribution in [0.5, 0.6) is 5.75 Å². The molecule has 0 radical (unpaired) electrons. The van der Waals surface area contributed by atoms with Crippen molar-refractivity contribution >= 4 is 5.82 Å². The quantitative estimate of drug-likeness (QED) is 0.528. The second-order valence-corrected chi connectivity index (χ2v) is 5.33. The number of benzene rings is 2. The largest absolute Gasteiger partial charge is 0.496 e. The molecule has 0 fully saturated rings. The van der Waals surface area contributed by atoms with Gasteiger partial charge in [0.15, 0.2) is 0 Å². The Bertz CT molecular complexity index is 968. The minimum absolute atomic E-state index is 0.213. The van der Waals surface area contributed by atoms with E-state index in [1.807, 2.05) is 30.3 Å². The van der Waals surface area contributed by atoms with E-state index < -0.39 is 16.3 Å². The average Bonchev–Trinajstić information content (AvgIpc) is 2.64. The minimum Gasteiger partial charge on any atom is -0.496 e. The number of aromatic nitrogens is 2. The van der Waals surface area contributed by atoms with E-state index in [1.54, 1.807) is 24.3 Å². The maximum Gasteiger partial charge on any atom is 0.430 e. The van der Waals surface area contributed by atoms with Gasteiger partial charge in [0, 0.05) is 0 Å². The standard InChI is InChI=1S/C18H15N3O4/c1-25-16-10-6-5-9-14(16)15-12-20(11-13-7-3-2-4-8-13)18(22)17(19-15)21(23)24/h2-10,12H,11H2,1H3. The number of nitrogens with zero attached hydrogens (tertiary/aromatic N) is 3. The Morgan fingerprint density at radius 3 is 2.48 bits per heavy atom. The fraction of sp³-hybridized carbons (Fsp3) is 0.111. The van der Waals surface area contributed by atoms with E-state index >= 15 is 0 Å². The predicted octanol–water partition coefficient (Wildman–Crippen LogP) is 2.88. The average molecular weight is 337 g/mol.